The van der Waals surface area contributed by atoms with Gasteiger partial charge < -0.3 is 35.1 Å². The zero-order valence-electron chi connectivity index (χ0n) is 27.7. The lowest BCUT2D eigenvalue weighted by Gasteiger charge is -2.31. The molecular weight excluding hydrogens is 563 g/mol. The van der Waals surface area contributed by atoms with Gasteiger partial charge in [-0.25, -0.2) is 4.39 Å². The highest BCUT2D eigenvalue weighted by molar-refractivity contribution is 5.79. The van der Waals surface area contributed by atoms with Gasteiger partial charge in [0.2, 0.25) is 5.91 Å². The monoisotopic (exact) mass is 618 g/mol. The topological polar surface area (TPSA) is 112 Å². The Labute approximate surface area is 263 Å². The summed E-state index contributed by atoms with van der Waals surface area (Å²) < 4.78 is 35.7. The van der Waals surface area contributed by atoms with Crippen LogP contribution in [0.3, 0.4) is 0 Å². The summed E-state index contributed by atoms with van der Waals surface area (Å²) in [5, 5.41) is 14.3. The van der Waals surface area contributed by atoms with Gasteiger partial charge in [0, 0.05) is 38.7 Å². The van der Waals surface area contributed by atoms with Crippen molar-refractivity contribution in [2.24, 2.45) is 29.4 Å². The lowest BCUT2D eigenvalue weighted by Crippen LogP contribution is -2.44. The third-order valence-electron chi connectivity index (χ3n) is 8.20. The lowest BCUT2D eigenvalue weighted by molar-refractivity contribution is -0.129. The van der Waals surface area contributed by atoms with Crippen LogP contribution in [0.2, 0.25) is 0 Å². The highest BCUT2D eigenvalue weighted by atomic mass is 19.1. The van der Waals surface area contributed by atoms with Gasteiger partial charge in [0.05, 0.1) is 32.5 Å². The quantitative estimate of drug-likeness (QED) is 0.154. The van der Waals surface area contributed by atoms with Crippen molar-refractivity contribution >= 4 is 5.91 Å². The number of aliphatic hydroxyl groups excluding tert-OH is 1. The average Bonchev–Trinajstić information content (AvgIpc) is 2.99. The zero-order valence-corrected chi connectivity index (χ0v) is 27.7. The summed E-state index contributed by atoms with van der Waals surface area (Å²) in [5.41, 5.74) is 8.47. The van der Waals surface area contributed by atoms with Crippen LogP contribution < -0.4 is 20.5 Å². The molecule has 0 radical (unpaired) electrons. The molecule has 2 aromatic carbocycles. The number of methoxy groups -OCH3 is 2. The molecule has 8 nitrogen and oxygen atoms in total. The Kier molecular flexibility index (Phi) is 16.7. The average molecular weight is 619 g/mol. The Hall–Kier alpha value is -2.72. The highest BCUT2D eigenvalue weighted by Gasteiger charge is 2.31. The van der Waals surface area contributed by atoms with Crippen LogP contribution in [0.4, 0.5) is 4.39 Å². The number of benzene rings is 2. The summed E-state index contributed by atoms with van der Waals surface area (Å²) in [6.07, 6.45) is 1.52. The zero-order chi connectivity index (χ0) is 32.6. The van der Waals surface area contributed by atoms with Gasteiger partial charge >= 0.3 is 0 Å². The summed E-state index contributed by atoms with van der Waals surface area (Å²) in [4.78, 5) is 13.5. The number of rotatable bonds is 21. The van der Waals surface area contributed by atoms with Crippen molar-refractivity contribution in [3.8, 4) is 11.5 Å². The van der Waals surface area contributed by atoms with E-state index in [1.54, 1.807) is 26.4 Å². The standard InChI is InChI=1S/C35H55FN2O6/c1-8-43-22-31(26-11-13-28(36)14-12-26)38-35(40)29(24(4)5)21-32(39)30(37)20-27(23(2)3)18-25-10-15-33(42-7)34(19-25)44-17-9-16-41-6/h10-15,19,23-24,27,29-32,39H,8-9,16-18,20-22,37H2,1-7H3,(H,38,40)/t27-,29-,30-,31+,32-/m0/s1. The van der Waals surface area contributed by atoms with Crippen molar-refractivity contribution in [2.45, 2.75) is 78.5 Å². The molecule has 0 aliphatic rings. The molecule has 0 heterocycles. The van der Waals surface area contributed by atoms with Crippen LogP contribution in [-0.2, 0) is 20.7 Å². The second kappa shape index (κ2) is 19.6. The second-order valence-electron chi connectivity index (χ2n) is 12.2. The maximum Gasteiger partial charge on any atom is 0.224 e. The second-order valence-corrected chi connectivity index (χ2v) is 12.2. The first-order chi connectivity index (χ1) is 21.0. The fourth-order valence-electron chi connectivity index (χ4n) is 5.29. The summed E-state index contributed by atoms with van der Waals surface area (Å²) in [5.74, 6) is 0.887. The van der Waals surface area contributed by atoms with Crippen LogP contribution in [0.15, 0.2) is 42.5 Å². The Balaban J connectivity index is 2.09. The molecule has 2 rings (SSSR count). The Morgan fingerprint density at radius 3 is 2.27 bits per heavy atom. The smallest absolute Gasteiger partial charge is 0.224 e. The molecule has 0 aliphatic carbocycles. The van der Waals surface area contributed by atoms with Crippen molar-refractivity contribution in [1.29, 1.82) is 0 Å². The number of carbonyl (C=O) groups is 1. The third kappa shape index (κ3) is 12.3. The summed E-state index contributed by atoms with van der Waals surface area (Å²) in [6, 6.07) is 11.1. The predicted molar refractivity (Wildman–Crippen MR) is 172 cm³/mol. The van der Waals surface area contributed by atoms with Crippen molar-refractivity contribution in [2.75, 3.05) is 40.6 Å². The number of hydrogen-bond donors (Lipinski definition) is 3. The molecule has 44 heavy (non-hydrogen) atoms. The molecule has 248 valence electrons. The summed E-state index contributed by atoms with van der Waals surface area (Å²) in [7, 11) is 3.29. The number of aliphatic hydroxyl groups is 1. The molecule has 9 heteroatoms. The molecular formula is C35H55FN2O6. The summed E-state index contributed by atoms with van der Waals surface area (Å²) >= 11 is 0. The third-order valence-corrected chi connectivity index (χ3v) is 8.20. The fraction of sp³-hybridized carbons (Fsp3) is 0.629. The number of carbonyl (C=O) groups excluding carboxylic acids is 1. The van der Waals surface area contributed by atoms with Crippen molar-refractivity contribution < 1.29 is 33.2 Å². The first-order valence-corrected chi connectivity index (χ1v) is 15.9. The van der Waals surface area contributed by atoms with E-state index in [4.69, 9.17) is 24.7 Å². The van der Waals surface area contributed by atoms with Crippen LogP contribution in [0.25, 0.3) is 0 Å². The first-order valence-electron chi connectivity index (χ1n) is 15.9. The van der Waals surface area contributed by atoms with E-state index >= 15 is 0 Å². The van der Waals surface area contributed by atoms with E-state index in [0.717, 1.165) is 24.0 Å². The van der Waals surface area contributed by atoms with Crippen LogP contribution in [0.5, 0.6) is 11.5 Å². The van der Waals surface area contributed by atoms with Crippen LogP contribution in [0.1, 0.15) is 71.0 Å². The Morgan fingerprint density at radius 2 is 1.68 bits per heavy atom. The highest BCUT2D eigenvalue weighted by Crippen LogP contribution is 2.32. The van der Waals surface area contributed by atoms with Crippen LogP contribution in [-0.4, -0.2) is 63.8 Å². The Morgan fingerprint density at radius 1 is 0.977 bits per heavy atom. The maximum atomic E-state index is 13.5. The number of nitrogens with two attached hydrogens (primary N) is 1. The number of halogens is 1. The normalized spacial score (nSPS) is 15.1. The van der Waals surface area contributed by atoms with E-state index in [-0.39, 0.29) is 36.6 Å². The van der Waals surface area contributed by atoms with Gasteiger partial charge in [-0.1, -0.05) is 45.9 Å². The van der Waals surface area contributed by atoms with E-state index in [1.807, 2.05) is 39.0 Å². The van der Waals surface area contributed by atoms with Crippen molar-refractivity contribution in [3.05, 3.63) is 59.4 Å². The molecule has 0 saturated carbocycles. The van der Waals surface area contributed by atoms with E-state index in [9.17, 15) is 14.3 Å². The minimum atomic E-state index is -0.860. The van der Waals surface area contributed by atoms with Gasteiger partial charge in [-0.05, 0) is 79.3 Å². The number of hydrogen-bond acceptors (Lipinski definition) is 7. The van der Waals surface area contributed by atoms with Gasteiger partial charge in [0.25, 0.3) is 0 Å². The van der Waals surface area contributed by atoms with Crippen molar-refractivity contribution in [3.63, 3.8) is 0 Å². The van der Waals surface area contributed by atoms with E-state index in [0.29, 0.717) is 43.7 Å². The first kappa shape index (κ1) is 37.5. The predicted octanol–water partition coefficient (Wildman–Crippen LogP) is 5.70. The van der Waals surface area contributed by atoms with Gasteiger partial charge in [0.1, 0.15) is 5.82 Å². The number of ether oxygens (including phenoxy) is 4. The van der Waals surface area contributed by atoms with Gasteiger partial charge in [0.15, 0.2) is 11.5 Å². The number of nitrogens with one attached hydrogen (secondary N) is 1. The van der Waals surface area contributed by atoms with Gasteiger partial charge in [-0.15, -0.1) is 0 Å². The molecule has 0 aliphatic heterocycles. The molecule has 0 saturated heterocycles. The lowest BCUT2D eigenvalue weighted by atomic mass is 9.80. The molecule has 5 atom stereocenters. The van der Waals surface area contributed by atoms with Gasteiger partial charge in [-0.2, -0.15) is 0 Å². The maximum absolute atomic E-state index is 13.5. The molecule has 0 spiro atoms. The van der Waals surface area contributed by atoms with Crippen molar-refractivity contribution in [1.82, 2.24) is 5.32 Å². The molecule has 1 amide bonds. The molecule has 0 fully saturated rings. The number of amides is 1. The molecule has 0 bridgehead atoms. The molecule has 0 aromatic heterocycles. The summed E-state index contributed by atoms with van der Waals surface area (Å²) in [6.45, 7) is 12.0. The Bertz CT molecular complexity index is 1100. The fourth-order valence-corrected chi connectivity index (χ4v) is 5.29. The van der Waals surface area contributed by atoms with Crippen LogP contribution >= 0.6 is 0 Å². The molecule has 4 N–H and O–H groups in total. The van der Waals surface area contributed by atoms with Crippen LogP contribution in [0, 0.1) is 29.5 Å². The SMILES string of the molecule is CCOC[C@@H](NC(=O)[C@@H](C[C@H](O)[C@@H](N)C[C@H](Cc1ccc(OC)c(OCCCOC)c1)C(C)C)C(C)C)c1ccc(F)cc1. The van der Waals surface area contributed by atoms with Gasteiger partial charge in [-0.3, -0.25) is 4.79 Å². The minimum Gasteiger partial charge on any atom is -0.493 e. The largest absolute Gasteiger partial charge is 0.493 e. The molecule has 0 unspecified atom stereocenters. The van der Waals surface area contributed by atoms with E-state index < -0.39 is 24.1 Å². The van der Waals surface area contributed by atoms with E-state index in [2.05, 4.69) is 19.2 Å². The van der Waals surface area contributed by atoms with E-state index in [1.165, 1.54) is 12.1 Å². The molecule has 2 aromatic rings. The minimum absolute atomic E-state index is 0.0275.